The highest BCUT2D eigenvalue weighted by Crippen LogP contribution is 2.13. The van der Waals surface area contributed by atoms with E-state index in [0.29, 0.717) is 12.4 Å². The minimum atomic E-state index is -0.993. The molecule has 0 aromatic rings. The average molecular weight is 227 g/mol. The van der Waals surface area contributed by atoms with Gasteiger partial charge >= 0.3 is 5.97 Å². The lowest BCUT2D eigenvalue weighted by atomic mass is 10.0. The van der Waals surface area contributed by atoms with Crippen LogP contribution in [-0.4, -0.2) is 29.5 Å². The molecule has 0 radical (unpaired) electrons. The number of hydrogen-bond acceptors (Lipinski definition) is 3. The van der Waals surface area contributed by atoms with Crippen molar-refractivity contribution in [1.29, 1.82) is 0 Å². The van der Waals surface area contributed by atoms with Crippen LogP contribution in [0, 0.1) is 0 Å². The summed E-state index contributed by atoms with van der Waals surface area (Å²) in [5.41, 5.74) is 12.6. The number of hydrogen-bond donors (Lipinski definition) is 3. The molecule has 0 spiro atoms. The molecule has 0 fully saturated rings. The lowest BCUT2D eigenvalue weighted by molar-refractivity contribution is -0.137. The van der Waals surface area contributed by atoms with E-state index in [1.54, 1.807) is 13.8 Å². The zero-order valence-corrected chi connectivity index (χ0v) is 10.2. The molecule has 1 atom stereocenters. The fourth-order valence-electron chi connectivity index (χ4n) is 1.25. The molecule has 0 aliphatic heterocycles. The van der Waals surface area contributed by atoms with Crippen LogP contribution in [0.3, 0.4) is 0 Å². The first kappa shape index (κ1) is 14.6. The van der Waals surface area contributed by atoms with E-state index in [9.17, 15) is 4.79 Å². The van der Waals surface area contributed by atoms with Crippen molar-refractivity contribution in [3.63, 3.8) is 0 Å². The van der Waals surface area contributed by atoms with E-state index in [4.69, 9.17) is 16.6 Å². The Morgan fingerprint density at radius 1 is 1.38 bits per heavy atom. The molecular formula is C11H21N3O2. The lowest BCUT2D eigenvalue weighted by Gasteiger charge is -2.11. The second-order valence-corrected chi connectivity index (χ2v) is 3.91. The summed E-state index contributed by atoms with van der Waals surface area (Å²) in [5.74, 6) is -0.423. The number of aliphatic carboxylic acids is 1. The number of amidine groups is 1. The average Bonchev–Trinajstić information content (AvgIpc) is 2.21. The molecule has 0 aliphatic carbocycles. The molecule has 0 amide bonds. The first-order chi connectivity index (χ1) is 7.36. The molecule has 1 unspecified atom stereocenters. The van der Waals surface area contributed by atoms with Crippen LogP contribution in [0.25, 0.3) is 0 Å². The normalized spacial score (nSPS) is 15.6. The second kappa shape index (κ2) is 7.00. The van der Waals surface area contributed by atoms with Gasteiger partial charge < -0.3 is 16.6 Å². The van der Waals surface area contributed by atoms with Gasteiger partial charge in [0.05, 0.1) is 5.84 Å². The Morgan fingerprint density at radius 3 is 2.38 bits per heavy atom. The maximum absolute atomic E-state index is 10.7. The van der Waals surface area contributed by atoms with Gasteiger partial charge in [0, 0.05) is 6.54 Å². The van der Waals surface area contributed by atoms with E-state index < -0.39 is 12.0 Å². The number of aliphatic imine (C=N–C) groups is 1. The second-order valence-electron chi connectivity index (χ2n) is 3.91. The summed E-state index contributed by atoms with van der Waals surface area (Å²) >= 11 is 0. The number of carboxylic acid groups (broad SMARTS) is 1. The van der Waals surface area contributed by atoms with E-state index >= 15 is 0 Å². The van der Waals surface area contributed by atoms with Crippen LogP contribution in [0.4, 0.5) is 0 Å². The highest BCUT2D eigenvalue weighted by atomic mass is 16.4. The van der Waals surface area contributed by atoms with Crippen molar-refractivity contribution in [3.8, 4) is 0 Å². The Labute approximate surface area is 96.2 Å². The monoisotopic (exact) mass is 227 g/mol. The number of allylic oxidation sites excluding steroid dienone is 1. The zero-order chi connectivity index (χ0) is 12.7. The van der Waals surface area contributed by atoms with Crippen molar-refractivity contribution in [2.24, 2.45) is 16.5 Å². The molecule has 0 bridgehead atoms. The van der Waals surface area contributed by atoms with E-state index in [1.165, 1.54) is 0 Å². The van der Waals surface area contributed by atoms with Gasteiger partial charge in [0.2, 0.25) is 0 Å². The molecule has 5 N–H and O–H groups in total. The van der Waals surface area contributed by atoms with E-state index in [0.717, 1.165) is 24.0 Å². The number of carbonyl (C=O) groups is 1. The number of nitrogens with zero attached hydrogens (tertiary/aromatic N) is 1. The smallest absolute Gasteiger partial charge is 0.324 e. The summed E-state index contributed by atoms with van der Waals surface area (Å²) in [6.45, 7) is 6.06. The first-order valence-electron chi connectivity index (χ1n) is 5.27. The van der Waals surface area contributed by atoms with Gasteiger partial charge in [-0.2, -0.15) is 0 Å². The predicted octanol–water partition coefficient (Wildman–Crippen LogP) is 0.892. The van der Waals surface area contributed by atoms with Crippen LogP contribution in [0.1, 0.15) is 33.6 Å². The first-order valence-corrected chi connectivity index (χ1v) is 5.27. The standard InChI is InChI=1S/C11H21N3O2/c1-7(5-4-6-14-9(3)12)8(2)10(13)11(15)16/h10H,4-6,13H2,1-3H3,(H2,12,14)(H,15,16)/b8-7-. The molecule has 0 saturated heterocycles. The number of rotatable bonds is 6. The molecule has 92 valence electrons. The van der Waals surface area contributed by atoms with Crippen LogP contribution < -0.4 is 11.5 Å². The van der Waals surface area contributed by atoms with Crippen LogP contribution in [-0.2, 0) is 4.79 Å². The van der Waals surface area contributed by atoms with Gasteiger partial charge in [-0.3, -0.25) is 9.79 Å². The fraction of sp³-hybridized carbons (Fsp3) is 0.636. The van der Waals surface area contributed by atoms with Crippen LogP contribution in [0.15, 0.2) is 16.1 Å². The van der Waals surface area contributed by atoms with Crippen molar-refractivity contribution in [1.82, 2.24) is 0 Å². The van der Waals surface area contributed by atoms with E-state index in [-0.39, 0.29) is 0 Å². The largest absolute Gasteiger partial charge is 0.480 e. The SMILES string of the molecule is CC(N)=NCCC/C(C)=C(/C)C(N)C(=O)O. The Morgan fingerprint density at radius 2 is 1.94 bits per heavy atom. The lowest BCUT2D eigenvalue weighted by Crippen LogP contribution is -2.31. The van der Waals surface area contributed by atoms with Crippen molar-refractivity contribution in [2.75, 3.05) is 6.54 Å². The minimum Gasteiger partial charge on any atom is -0.480 e. The Hall–Kier alpha value is -1.36. The van der Waals surface area contributed by atoms with Crippen molar-refractivity contribution in [3.05, 3.63) is 11.1 Å². The molecule has 16 heavy (non-hydrogen) atoms. The van der Waals surface area contributed by atoms with Gasteiger partial charge in [0.25, 0.3) is 0 Å². The molecule has 0 aliphatic rings. The van der Waals surface area contributed by atoms with E-state index in [1.807, 2.05) is 6.92 Å². The van der Waals surface area contributed by atoms with Gasteiger partial charge in [0.15, 0.2) is 0 Å². The fourth-order valence-corrected chi connectivity index (χ4v) is 1.25. The highest BCUT2D eigenvalue weighted by Gasteiger charge is 2.14. The van der Waals surface area contributed by atoms with Crippen LogP contribution in [0.5, 0.6) is 0 Å². The zero-order valence-electron chi connectivity index (χ0n) is 10.2. The summed E-state index contributed by atoms with van der Waals surface area (Å²) in [6, 6.07) is -0.903. The molecule has 0 aromatic heterocycles. The van der Waals surface area contributed by atoms with Gasteiger partial charge in [-0.15, -0.1) is 0 Å². The number of nitrogens with two attached hydrogens (primary N) is 2. The highest BCUT2D eigenvalue weighted by molar-refractivity contribution is 5.77. The van der Waals surface area contributed by atoms with Gasteiger partial charge in [-0.25, -0.2) is 0 Å². The third kappa shape index (κ3) is 5.50. The summed E-state index contributed by atoms with van der Waals surface area (Å²) in [7, 11) is 0. The van der Waals surface area contributed by atoms with Gasteiger partial charge in [0.1, 0.15) is 6.04 Å². The van der Waals surface area contributed by atoms with Crippen molar-refractivity contribution in [2.45, 2.75) is 39.7 Å². The maximum atomic E-state index is 10.7. The Kier molecular flexibility index (Phi) is 6.41. The molecule has 0 saturated carbocycles. The Bertz CT molecular complexity index is 304. The third-order valence-electron chi connectivity index (χ3n) is 2.48. The van der Waals surface area contributed by atoms with E-state index in [2.05, 4.69) is 4.99 Å². The molecular weight excluding hydrogens is 206 g/mol. The van der Waals surface area contributed by atoms with Gasteiger partial charge in [-0.05, 0) is 39.2 Å². The van der Waals surface area contributed by atoms with Crippen LogP contribution >= 0.6 is 0 Å². The van der Waals surface area contributed by atoms with Crippen LogP contribution in [0.2, 0.25) is 0 Å². The minimum absolute atomic E-state index is 0.570. The quantitative estimate of drug-likeness (QED) is 0.271. The van der Waals surface area contributed by atoms with Crippen molar-refractivity contribution < 1.29 is 9.90 Å². The predicted molar refractivity (Wildman–Crippen MR) is 65.4 cm³/mol. The van der Waals surface area contributed by atoms with Crippen molar-refractivity contribution >= 4 is 11.8 Å². The summed E-state index contributed by atoms with van der Waals surface area (Å²) < 4.78 is 0. The Balaban J connectivity index is 4.22. The summed E-state index contributed by atoms with van der Waals surface area (Å²) in [4.78, 5) is 14.7. The summed E-state index contributed by atoms with van der Waals surface area (Å²) in [5, 5.41) is 8.75. The molecule has 0 heterocycles. The topological polar surface area (TPSA) is 102 Å². The van der Waals surface area contributed by atoms with Gasteiger partial charge in [-0.1, -0.05) is 5.57 Å². The molecule has 0 aromatic carbocycles. The third-order valence-corrected chi connectivity index (χ3v) is 2.48. The summed E-state index contributed by atoms with van der Waals surface area (Å²) in [6.07, 6.45) is 1.65. The molecule has 5 nitrogen and oxygen atoms in total. The molecule has 0 rings (SSSR count). The number of carboxylic acids is 1. The molecule has 5 heteroatoms. The maximum Gasteiger partial charge on any atom is 0.324 e.